The normalized spacial score (nSPS) is 18.4. The van der Waals surface area contributed by atoms with Crippen LogP contribution < -0.4 is 5.73 Å². The smallest absolute Gasteiger partial charge is 0.175 e. The number of hydrogen-bond donors (Lipinski definition) is 2. The standard InChI is InChI=1S/C4H10FNO3S/c1-10(8,9)4(7)3(6)2-5/h3-4,7H,2,6H2,1H3. The molecule has 0 aromatic heterocycles. The van der Waals surface area contributed by atoms with Crippen molar-refractivity contribution in [3.05, 3.63) is 0 Å². The Labute approximate surface area is 58.8 Å². The molecule has 0 aliphatic rings. The molecule has 10 heavy (non-hydrogen) atoms. The van der Waals surface area contributed by atoms with Gasteiger partial charge in [0.25, 0.3) is 0 Å². The number of rotatable bonds is 3. The van der Waals surface area contributed by atoms with Crippen molar-refractivity contribution in [3.8, 4) is 0 Å². The lowest BCUT2D eigenvalue weighted by molar-refractivity contribution is 0.199. The largest absolute Gasteiger partial charge is 0.376 e. The van der Waals surface area contributed by atoms with Gasteiger partial charge in [0.2, 0.25) is 0 Å². The van der Waals surface area contributed by atoms with E-state index in [2.05, 4.69) is 0 Å². The predicted octanol–water partition coefficient (Wildman–Crippen LogP) is -1.35. The third kappa shape index (κ3) is 2.59. The van der Waals surface area contributed by atoms with Crippen molar-refractivity contribution in [1.82, 2.24) is 0 Å². The first-order valence-electron chi connectivity index (χ1n) is 2.58. The van der Waals surface area contributed by atoms with E-state index in [0.29, 0.717) is 0 Å². The van der Waals surface area contributed by atoms with E-state index in [4.69, 9.17) is 10.8 Å². The third-order valence-corrected chi connectivity index (χ3v) is 2.21. The molecule has 0 amide bonds. The van der Waals surface area contributed by atoms with Crippen molar-refractivity contribution in [1.29, 1.82) is 0 Å². The fraction of sp³-hybridized carbons (Fsp3) is 1.00. The zero-order valence-electron chi connectivity index (χ0n) is 5.49. The molecule has 4 nitrogen and oxygen atoms in total. The summed E-state index contributed by atoms with van der Waals surface area (Å²) in [4.78, 5) is 0. The van der Waals surface area contributed by atoms with Crippen LogP contribution in [0.5, 0.6) is 0 Å². The Kier molecular flexibility index (Phi) is 3.20. The minimum Gasteiger partial charge on any atom is -0.376 e. The molecule has 3 N–H and O–H groups in total. The van der Waals surface area contributed by atoms with Gasteiger partial charge in [-0.15, -0.1) is 0 Å². The zero-order chi connectivity index (χ0) is 8.36. The van der Waals surface area contributed by atoms with Gasteiger partial charge in [0.1, 0.15) is 6.67 Å². The van der Waals surface area contributed by atoms with Crippen LogP contribution in [0.15, 0.2) is 0 Å². The van der Waals surface area contributed by atoms with Gasteiger partial charge in [-0.2, -0.15) is 0 Å². The number of nitrogens with two attached hydrogens (primary N) is 1. The van der Waals surface area contributed by atoms with Crippen LogP contribution in [-0.4, -0.2) is 37.9 Å². The van der Waals surface area contributed by atoms with E-state index in [1.807, 2.05) is 0 Å². The number of alkyl halides is 1. The highest BCUT2D eigenvalue weighted by Gasteiger charge is 2.24. The quantitative estimate of drug-likeness (QED) is 0.550. The summed E-state index contributed by atoms with van der Waals surface area (Å²) in [5.41, 5.74) is 3.10. The molecule has 0 aromatic carbocycles. The number of aliphatic hydroxyl groups excluding tert-OH is 1. The molecule has 2 atom stereocenters. The minimum atomic E-state index is -3.62. The van der Waals surface area contributed by atoms with Gasteiger partial charge in [-0.25, -0.2) is 12.8 Å². The average Bonchev–Trinajstić information content (AvgIpc) is 1.83. The van der Waals surface area contributed by atoms with Gasteiger partial charge >= 0.3 is 0 Å². The van der Waals surface area contributed by atoms with Gasteiger partial charge in [-0.1, -0.05) is 0 Å². The van der Waals surface area contributed by atoms with Crippen LogP contribution in [0.4, 0.5) is 4.39 Å². The summed E-state index contributed by atoms with van der Waals surface area (Å²) in [5, 5.41) is 8.70. The summed E-state index contributed by atoms with van der Waals surface area (Å²) < 4.78 is 32.5. The summed E-state index contributed by atoms with van der Waals surface area (Å²) in [5.74, 6) is 0. The SMILES string of the molecule is CS(=O)(=O)C(O)C(N)CF. The molecule has 0 bridgehead atoms. The summed E-state index contributed by atoms with van der Waals surface area (Å²) in [6, 6.07) is -1.34. The molecule has 0 aliphatic carbocycles. The van der Waals surface area contributed by atoms with Crippen LogP contribution >= 0.6 is 0 Å². The van der Waals surface area contributed by atoms with E-state index in [-0.39, 0.29) is 0 Å². The number of sulfone groups is 1. The number of hydrogen-bond acceptors (Lipinski definition) is 4. The Morgan fingerprint density at radius 1 is 1.70 bits per heavy atom. The molecule has 62 valence electrons. The Bertz CT molecular complexity index is 191. The molecule has 0 fully saturated rings. The van der Waals surface area contributed by atoms with E-state index >= 15 is 0 Å². The van der Waals surface area contributed by atoms with E-state index < -0.39 is 28.0 Å². The zero-order valence-corrected chi connectivity index (χ0v) is 6.31. The Morgan fingerprint density at radius 2 is 2.10 bits per heavy atom. The van der Waals surface area contributed by atoms with Crippen LogP contribution in [0.2, 0.25) is 0 Å². The van der Waals surface area contributed by atoms with E-state index in [9.17, 15) is 12.8 Å². The molecule has 0 rings (SSSR count). The Balaban J connectivity index is 4.23. The molecule has 0 aromatic rings. The molecule has 0 spiro atoms. The first kappa shape index (κ1) is 9.80. The summed E-state index contributed by atoms with van der Waals surface area (Å²) in [6.45, 7) is -1.05. The van der Waals surface area contributed by atoms with Gasteiger partial charge < -0.3 is 10.8 Å². The minimum absolute atomic E-state index is 0.799. The highest BCUT2D eigenvalue weighted by atomic mass is 32.2. The molecule has 0 aliphatic heterocycles. The van der Waals surface area contributed by atoms with E-state index in [1.54, 1.807) is 0 Å². The maximum atomic E-state index is 11.6. The van der Waals surface area contributed by atoms with Crippen molar-refractivity contribution in [2.24, 2.45) is 5.73 Å². The van der Waals surface area contributed by atoms with Crippen LogP contribution in [0.3, 0.4) is 0 Å². The highest BCUT2D eigenvalue weighted by Crippen LogP contribution is 1.99. The molecule has 0 saturated heterocycles. The van der Waals surface area contributed by atoms with Gasteiger partial charge in [0.05, 0.1) is 6.04 Å². The van der Waals surface area contributed by atoms with Crippen molar-refractivity contribution < 1.29 is 17.9 Å². The lowest BCUT2D eigenvalue weighted by atomic mass is 10.4. The summed E-state index contributed by atoms with van der Waals surface area (Å²) >= 11 is 0. The summed E-state index contributed by atoms with van der Waals surface area (Å²) in [6.07, 6.45) is 0.799. The topological polar surface area (TPSA) is 80.4 Å². The fourth-order valence-electron chi connectivity index (χ4n) is 0.394. The maximum Gasteiger partial charge on any atom is 0.175 e. The van der Waals surface area contributed by atoms with Gasteiger partial charge in [-0.05, 0) is 0 Å². The van der Waals surface area contributed by atoms with Crippen LogP contribution in [0.25, 0.3) is 0 Å². The maximum absolute atomic E-state index is 11.6. The monoisotopic (exact) mass is 171 g/mol. The van der Waals surface area contributed by atoms with Gasteiger partial charge in [0, 0.05) is 6.26 Å². The summed E-state index contributed by atoms with van der Waals surface area (Å²) in [7, 11) is -3.62. The molecule has 6 heteroatoms. The van der Waals surface area contributed by atoms with Crippen molar-refractivity contribution >= 4 is 9.84 Å². The van der Waals surface area contributed by atoms with Gasteiger partial charge in [-0.3, -0.25) is 0 Å². The Morgan fingerprint density at radius 3 is 2.20 bits per heavy atom. The Hall–Kier alpha value is -0.200. The van der Waals surface area contributed by atoms with Crippen LogP contribution in [0.1, 0.15) is 0 Å². The molecule has 2 unspecified atom stereocenters. The third-order valence-electron chi connectivity index (χ3n) is 0.983. The second-order valence-electron chi connectivity index (χ2n) is 2.04. The van der Waals surface area contributed by atoms with Crippen LogP contribution in [-0.2, 0) is 9.84 Å². The van der Waals surface area contributed by atoms with Crippen molar-refractivity contribution in [3.63, 3.8) is 0 Å². The molecule has 0 radical (unpaired) electrons. The lowest BCUT2D eigenvalue weighted by Crippen LogP contribution is -2.41. The van der Waals surface area contributed by atoms with Crippen molar-refractivity contribution in [2.45, 2.75) is 11.5 Å². The van der Waals surface area contributed by atoms with Crippen LogP contribution in [0, 0.1) is 0 Å². The van der Waals surface area contributed by atoms with Gasteiger partial charge in [0.15, 0.2) is 15.3 Å². The molecule has 0 heterocycles. The second-order valence-corrected chi connectivity index (χ2v) is 4.18. The van der Waals surface area contributed by atoms with Crippen molar-refractivity contribution in [2.75, 3.05) is 12.9 Å². The average molecular weight is 171 g/mol. The molecular weight excluding hydrogens is 161 g/mol. The first-order valence-corrected chi connectivity index (χ1v) is 4.53. The van der Waals surface area contributed by atoms with E-state index in [1.165, 1.54) is 0 Å². The van der Waals surface area contributed by atoms with E-state index in [0.717, 1.165) is 6.26 Å². The first-order chi connectivity index (χ1) is 4.39. The second kappa shape index (κ2) is 3.27. The predicted molar refractivity (Wildman–Crippen MR) is 34.8 cm³/mol. The molecule has 0 saturated carbocycles. The molecular formula is C4H10FNO3S. The lowest BCUT2D eigenvalue weighted by Gasteiger charge is -2.12. The highest BCUT2D eigenvalue weighted by molar-refractivity contribution is 7.91. The fourth-order valence-corrected chi connectivity index (χ4v) is 1.10. The number of halogens is 1. The number of aliphatic hydroxyl groups is 1.